The summed E-state index contributed by atoms with van der Waals surface area (Å²) in [5, 5.41) is 11.0. The molecular formula is C13H15N5OS. The SMILES string of the molecule is Cc1ccc2c(c1)SCC(=O)N2CCCn1cnnn1. The van der Waals surface area contributed by atoms with Gasteiger partial charge in [0.05, 0.1) is 11.4 Å². The Kier molecular flexibility index (Phi) is 3.68. The minimum Gasteiger partial charge on any atom is -0.310 e. The number of aromatic nitrogens is 4. The van der Waals surface area contributed by atoms with Crippen LogP contribution in [-0.4, -0.2) is 38.4 Å². The van der Waals surface area contributed by atoms with Crippen LogP contribution < -0.4 is 4.90 Å². The van der Waals surface area contributed by atoms with E-state index in [0.717, 1.165) is 12.1 Å². The lowest BCUT2D eigenvalue weighted by Gasteiger charge is -2.29. The molecule has 1 aromatic heterocycles. The fraction of sp³-hybridized carbons (Fsp3) is 0.385. The van der Waals surface area contributed by atoms with Crippen LogP contribution in [0.3, 0.4) is 0 Å². The highest BCUT2D eigenvalue weighted by molar-refractivity contribution is 8.00. The summed E-state index contributed by atoms with van der Waals surface area (Å²) in [6, 6.07) is 6.22. The molecule has 0 bridgehead atoms. The predicted molar refractivity (Wildman–Crippen MR) is 76.7 cm³/mol. The van der Waals surface area contributed by atoms with Crippen molar-refractivity contribution in [3.05, 3.63) is 30.1 Å². The maximum Gasteiger partial charge on any atom is 0.237 e. The van der Waals surface area contributed by atoms with Gasteiger partial charge in [0.15, 0.2) is 0 Å². The number of fused-ring (bicyclic) bond motifs is 1. The molecule has 1 amide bonds. The van der Waals surface area contributed by atoms with Crippen molar-refractivity contribution in [2.45, 2.75) is 24.8 Å². The molecule has 0 saturated heterocycles. The van der Waals surface area contributed by atoms with Gasteiger partial charge in [0.25, 0.3) is 0 Å². The summed E-state index contributed by atoms with van der Waals surface area (Å²) in [7, 11) is 0. The highest BCUT2D eigenvalue weighted by Gasteiger charge is 2.24. The number of tetrazole rings is 1. The fourth-order valence-corrected chi connectivity index (χ4v) is 3.26. The Morgan fingerprint density at radius 2 is 2.25 bits per heavy atom. The van der Waals surface area contributed by atoms with Gasteiger partial charge in [-0.25, -0.2) is 4.68 Å². The van der Waals surface area contributed by atoms with Crippen LogP contribution >= 0.6 is 11.8 Å². The second-order valence-corrected chi connectivity index (χ2v) is 5.75. The molecule has 1 aliphatic heterocycles. The maximum atomic E-state index is 12.1. The van der Waals surface area contributed by atoms with E-state index in [9.17, 15) is 4.79 Å². The number of hydrogen-bond acceptors (Lipinski definition) is 5. The van der Waals surface area contributed by atoms with Crippen LogP contribution in [0.1, 0.15) is 12.0 Å². The fourth-order valence-electron chi connectivity index (χ4n) is 2.23. The van der Waals surface area contributed by atoms with E-state index < -0.39 is 0 Å². The normalized spacial score (nSPS) is 14.4. The lowest BCUT2D eigenvalue weighted by Crippen LogP contribution is -2.36. The summed E-state index contributed by atoms with van der Waals surface area (Å²) in [5.41, 5.74) is 2.24. The molecule has 2 aromatic rings. The van der Waals surface area contributed by atoms with Crippen LogP contribution in [-0.2, 0) is 11.3 Å². The number of anilines is 1. The zero-order valence-electron chi connectivity index (χ0n) is 11.2. The molecule has 6 nitrogen and oxygen atoms in total. The Hall–Kier alpha value is -1.89. The van der Waals surface area contributed by atoms with E-state index in [0.29, 0.717) is 18.8 Å². The number of carbonyl (C=O) groups excluding carboxylic acids is 1. The summed E-state index contributed by atoms with van der Waals surface area (Å²) in [4.78, 5) is 15.2. The number of benzene rings is 1. The van der Waals surface area contributed by atoms with Gasteiger partial charge in [-0.2, -0.15) is 0 Å². The summed E-state index contributed by atoms with van der Waals surface area (Å²) in [6.45, 7) is 3.47. The van der Waals surface area contributed by atoms with Gasteiger partial charge < -0.3 is 4.90 Å². The van der Waals surface area contributed by atoms with Crippen molar-refractivity contribution in [1.82, 2.24) is 20.2 Å². The zero-order chi connectivity index (χ0) is 13.9. The molecule has 0 atom stereocenters. The average Bonchev–Trinajstić information content (AvgIpc) is 2.94. The second kappa shape index (κ2) is 5.62. The first kappa shape index (κ1) is 13.1. The molecule has 1 aromatic carbocycles. The molecule has 7 heteroatoms. The van der Waals surface area contributed by atoms with Crippen molar-refractivity contribution < 1.29 is 4.79 Å². The molecule has 20 heavy (non-hydrogen) atoms. The van der Waals surface area contributed by atoms with Crippen LogP contribution in [0, 0.1) is 6.92 Å². The third kappa shape index (κ3) is 2.67. The minimum atomic E-state index is 0.170. The summed E-state index contributed by atoms with van der Waals surface area (Å²) < 4.78 is 1.68. The van der Waals surface area contributed by atoms with E-state index in [1.165, 1.54) is 10.5 Å². The van der Waals surface area contributed by atoms with Gasteiger partial charge in [0.1, 0.15) is 6.33 Å². The van der Waals surface area contributed by atoms with Crippen molar-refractivity contribution in [1.29, 1.82) is 0 Å². The predicted octanol–water partition coefficient (Wildman–Crippen LogP) is 1.51. The van der Waals surface area contributed by atoms with Gasteiger partial charge in [-0.1, -0.05) is 6.07 Å². The highest BCUT2D eigenvalue weighted by atomic mass is 32.2. The van der Waals surface area contributed by atoms with E-state index in [-0.39, 0.29) is 5.91 Å². The van der Waals surface area contributed by atoms with Crippen molar-refractivity contribution in [2.75, 3.05) is 17.2 Å². The van der Waals surface area contributed by atoms with Gasteiger partial charge in [-0.3, -0.25) is 4.79 Å². The standard InChI is InChI=1S/C13H15N5OS/c1-10-3-4-11-12(7-10)20-8-13(19)18(11)6-2-5-17-9-14-15-16-17/h3-4,7,9H,2,5-6,8H2,1H3. The Morgan fingerprint density at radius 3 is 3.05 bits per heavy atom. The second-order valence-electron chi connectivity index (χ2n) is 4.73. The van der Waals surface area contributed by atoms with Gasteiger partial charge >= 0.3 is 0 Å². The molecule has 0 fully saturated rings. The number of carbonyl (C=O) groups is 1. The van der Waals surface area contributed by atoms with E-state index in [1.54, 1.807) is 22.8 Å². The van der Waals surface area contributed by atoms with Gasteiger partial charge in [0.2, 0.25) is 5.91 Å². The van der Waals surface area contributed by atoms with Crippen LogP contribution in [0.15, 0.2) is 29.4 Å². The molecule has 0 N–H and O–H groups in total. The molecular weight excluding hydrogens is 274 g/mol. The first-order valence-corrected chi connectivity index (χ1v) is 7.47. The molecule has 0 unspecified atom stereocenters. The van der Waals surface area contributed by atoms with E-state index in [4.69, 9.17) is 0 Å². The van der Waals surface area contributed by atoms with Crippen molar-refractivity contribution in [3.8, 4) is 0 Å². The first-order chi connectivity index (χ1) is 9.74. The van der Waals surface area contributed by atoms with Gasteiger partial charge in [-0.05, 0) is 41.5 Å². The third-order valence-corrected chi connectivity index (χ3v) is 4.25. The first-order valence-electron chi connectivity index (χ1n) is 6.48. The Labute approximate surface area is 121 Å². The van der Waals surface area contributed by atoms with Crippen molar-refractivity contribution in [2.24, 2.45) is 0 Å². The molecule has 0 saturated carbocycles. The smallest absolute Gasteiger partial charge is 0.237 e. The average molecular weight is 289 g/mol. The van der Waals surface area contributed by atoms with Crippen molar-refractivity contribution >= 4 is 23.4 Å². The summed E-state index contributed by atoms with van der Waals surface area (Å²) in [6.07, 6.45) is 2.42. The molecule has 3 rings (SSSR count). The van der Waals surface area contributed by atoms with E-state index in [1.807, 2.05) is 17.0 Å². The monoisotopic (exact) mass is 289 g/mol. The minimum absolute atomic E-state index is 0.170. The molecule has 2 heterocycles. The quantitative estimate of drug-likeness (QED) is 0.853. The lowest BCUT2D eigenvalue weighted by atomic mass is 10.2. The summed E-state index contributed by atoms with van der Waals surface area (Å²) >= 11 is 1.62. The molecule has 0 aliphatic carbocycles. The molecule has 1 aliphatic rings. The molecule has 0 radical (unpaired) electrons. The van der Waals surface area contributed by atoms with Gasteiger partial charge in [-0.15, -0.1) is 16.9 Å². The maximum absolute atomic E-state index is 12.1. The van der Waals surface area contributed by atoms with Crippen LogP contribution in [0.5, 0.6) is 0 Å². The Balaban J connectivity index is 1.71. The van der Waals surface area contributed by atoms with E-state index in [2.05, 4.69) is 28.5 Å². The van der Waals surface area contributed by atoms with Crippen molar-refractivity contribution in [3.63, 3.8) is 0 Å². The lowest BCUT2D eigenvalue weighted by molar-refractivity contribution is -0.116. The summed E-state index contributed by atoms with van der Waals surface area (Å²) in [5.74, 6) is 0.685. The van der Waals surface area contributed by atoms with Crippen LogP contribution in [0.2, 0.25) is 0 Å². The number of hydrogen-bond donors (Lipinski definition) is 0. The Morgan fingerprint density at radius 1 is 1.35 bits per heavy atom. The highest BCUT2D eigenvalue weighted by Crippen LogP contribution is 2.35. The number of aryl methyl sites for hydroxylation is 2. The Bertz CT molecular complexity index is 613. The molecule has 0 spiro atoms. The topological polar surface area (TPSA) is 63.9 Å². The number of rotatable bonds is 4. The number of nitrogens with zero attached hydrogens (tertiary/aromatic N) is 5. The van der Waals surface area contributed by atoms with E-state index >= 15 is 0 Å². The molecule has 104 valence electrons. The van der Waals surface area contributed by atoms with Gasteiger partial charge in [0, 0.05) is 18.0 Å². The number of thioether (sulfide) groups is 1. The third-order valence-electron chi connectivity index (χ3n) is 3.22. The van der Waals surface area contributed by atoms with Crippen LogP contribution in [0.4, 0.5) is 5.69 Å². The largest absolute Gasteiger partial charge is 0.310 e. The zero-order valence-corrected chi connectivity index (χ0v) is 12.0. The van der Waals surface area contributed by atoms with Crippen LogP contribution in [0.25, 0.3) is 0 Å². The number of amides is 1.